The molecule has 102 valence electrons. The largest absolute Gasteiger partial charge is 0.484 e. The van der Waals surface area contributed by atoms with Gasteiger partial charge in [-0.1, -0.05) is 30.3 Å². The van der Waals surface area contributed by atoms with Gasteiger partial charge in [0.25, 0.3) is 5.91 Å². The summed E-state index contributed by atoms with van der Waals surface area (Å²) in [5.74, 6) is 0.0662. The summed E-state index contributed by atoms with van der Waals surface area (Å²) in [7, 11) is 0. The maximum Gasteiger partial charge on any atom is 0.255 e. The molecule has 0 spiro atoms. The van der Waals surface area contributed by atoms with Crippen LogP contribution in [0.3, 0.4) is 0 Å². The molecule has 20 heavy (non-hydrogen) atoms. The maximum absolute atomic E-state index is 11.4. The van der Waals surface area contributed by atoms with Gasteiger partial charge in [0.15, 0.2) is 12.4 Å². The summed E-state index contributed by atoms with van der Waals surface area (Å²) in [6.45, 7) is 1.38. The van der Waals surface area contributed by atoms with Crippen LogP contribution in [0.25, 0.3) is 11.1 Å². The van der Waals surface area contributed by atoms with Crippen molar-refractivity contribution in [1.82, 2.24) is 0 Å². The summed E-state index contributed by atoms with van der Waals surface area (Å²) >= 11 is 0. The molecule has 0 atom stereocenters. The summed E-state index contributed by atoms with van der Waals surface area (Å²) in [6.07, 6.45) is 0. The molecular weight excluding hydrogens is 254 g/mol. The Morgan fingerprint density at radius 3 is 2.35 bits per heavy atom. The molecule has 4 heteroatoms. The van der Waals surface area contributed by atoms with E-state index in [1.807, 2.05) is 36.4 Å². The van der Waals surface area contributed by atoms with Crippen molar-refractivity contribution in [1.29, 1.82) is 0 Å². The minimum Gasteiger partial charge on any atom is -0.484 e. The minimum atomic E-state index is -0.519. The highest BCUT2D eigenvalue weighted by Gasteiger charge is 2.04. The monoisotopic (exact) mass is 269 g/mol. The van der Waals surface area contributed by atoms with E-state index in [9.17, 15) is 9.59 Å². The first kappa shape index (κ1) is 13.8. The lowest BCUT2D eigenvalue weighted by atomic mass is 10.0. The van der Waals surface area contributed by atoms with Gasteiger partial charge in [-0.3, -0.25) is 9.59 Å². The molecule has 1 amide bonds. The van der Waals surface area contributed by atoms with Crippen LogP contribution < -0.4 is 10.5 Å². The van der Waals surface area contributed by atoms with Crippen molar-refractivity contribution in [3.63, 3.8) is 0 Å². The number of carbonyl (C=O) groups is 2. The molecule has 0 bridgehead atoms. The molecule has 0 aliphatic carbocycles. The third-order valence-corrected chi connectivity index (χ3v) is 2.82. The highest BCUT2D eigenvalue weighted by molar-refractivity contribution is 5.95. The van der Waals surface area contributed by atoms with Crippen LogP contribution in [-0.4, -0.2) is 18.3 Å². The molecule has 0 saturated heterocycles. The number of ketones is 1. The number of nitrogens with two attached hydrogens (primary N) is 1. The standard InChI is InChI=1S/C16H15NO3/c1-11(18)12-4-2-5-13(8-12)14-6-3-7-15(9-14)20-10-16(17)19/h2-9H,10H2,1H3,(H2,17,19). The first-order valence-electron chi connectivity index (χ1n) is 6.19. The van der Waals surface area contributed by atoms with Crippen molar-refractivity contribution in [2.75, 3.05) is 6.61 Å². The molecular formula is C16H15NO3. The molecule has 2 aromatic rings. The fraction of sp³-hybridized carbons (Fsp3) is 0.125. The third kappa shape index (κ3) is 3.45. The molecule has 2 rings (SSSR count). The Hall–Kier alpha value is -2.62. The molecule has 0 fully saturated rings. The highest BCUT2D eigenvalue weighted by Crippen LogP contribution is 2.24. The minimum absolute atomic E-state index is 0.0213. The van der Waals surface area contributed by atoms with Crippen molar-refractivity contribution in [2.24, 2.45) is 5.73 Å². The van der Waals surface area contributed by atoms with Gasteiger partial charge in [0.05, 0.1) is 0 Å². The van der Waals surface area contributed by atoms with Gasteiger partial charge < -0.3 is 10.5 Å². The van der Waals surface area contributed by atoms with Crippen molar-refractivity contribution in [3.05, 3.63) is 54.1 Å². The summed E-state index contributed by atoms with van der Waals surface area (Å²) < 4.78 is 5.27. The number of ether oxygens (including phenoxy) is 1. The van der Waals surface area contributed by atoms with Crippen LogP contribution in [0.15, 0.2) is 48.5 Å². The van der Waals surface area contributed by atoms with Crippen LogP contribution in [0, 0.1) is 0 Å². The SMILES string of the molecule is CC(=O)c1cccc(-c2cccc(OCC(N)=O)c2)c1. The Bertz CT molecular complexity index is 650. The second kappa shape index (κ2) is 6.02. The number of hydrogen-bond acceptors (Lipinski definition) is 3. The average molecular weight is 269 g/mol. The van der Waals surface area contributed by atoms with Gasteiger partial charge in [0.2, 0.25) is 0 Å². The van der Waals surface area contributed by atoms with Crippen LogP contribution in [0.5, 0.6) is 5.75 Å². The van der Waals surface area contributed by atoms with Gasteiger partial charge in [-0.15, -0.1) is 0 Å². The number of hydrogen-bond donors (Lipinski definition) is 1. The summed E-state index contributed by atoms with van der Waals surface area (Å²) in [5.41, 5.74) is 7.53. The number of carbonyl (C=O) groups excluding carboxylic acids is 2. The second-order valence-corrected chi connectivity index (χ2v) is 4.42. The Morgan fingerprint density at radius 2 is 1.70 bits per heavy atom. The molecule has 0 unspecified atom stereocenters. The molecule has 0 heterocycles. The van der Waals surface area contributed by atoms with Crippen molar-refractivity contribution in [2.45, 2.75) is 6.92 Å². The first-order valence-corrected chi connectivity index (χ1v) is 6.19. The molecule has 0 radical (unpaired) electrons. The van der Waals surface area contributed by atoms with Crippen molar-refractivity contribution < 1.29 is 14.3 Å². The number of benzene rings is 2. The van der Waals surface area contributed by atoms with Gasteiger partial charge in [-0.25, -0.2) is 0 Å². The van der Waals surface area contributed by atoms with Crippen LogP contribution in [0.2, 0.25) is 0 Å². The van der Waals surface area contributed by atoms with Crippen LogP contribution in [0.4, 0.5) is 0 Å². The van der Waals surface area contributed by atoms with E-state index in [1.54, 1.807) is 12.1 Å². The van der Waals surface area contributed by atoms with E-state index in [4.69, 9.17) is 10.5 Å². The van der Waals surface area contributed by atoms with Gasteiger partial charge in [-0.2, -0.15) is 0 Å². The second-order valence-electron chi connectivity index (χ2n) is 4.42. The fourth-order valence-corrected chi connectivity index (χ4v) is 1.84. The zero-order chi connectivity index (χ0) is 14.5. The van der Waals surface area contributed by atoms with Gasteiger partial charge in [0, 0.05) is 5.56 Å². The first-order chi connectivity index (χ1) is 9.56. The zero-order valence-corrected chi connectivity index (χ0v) is 11.1. The van der Waals surface area contributed by atoms with Crippen LogP contribution >= 0.6 is 0 Å². The maximum atomic E-state index is 11.4. The lowest BCUT2D eigenvalue weighted by molar-refractivity contribution is -0.119. The number of amides is 1. The summed E-state index contributed by atoms with van der Waals surface area (Å²) in [6, 6.07) is 14.7. The number of primary amides is 1. The number of rotatable bonds is 5. The molecule has 0 aromatic heterocycles. The number of Topliss-reactive ketones (excluding diaryl/α,β-unsaturated/α-hetero) is 1. The van der Waals surface area contributed by atoms with E-state index < -0.39 is 5.91 Å². The van der Waals surface area contributed by atoms with E-state index in [1.165, 1.54) is 6.92 Å². The van der Waals surface area contributed by atoms with Gasteiger partial charge in [0.1, 0.15) is 5.75 Å². The Labute approximate surface area is 117 Å². The third-order valence-electron chi connectivity index (χ3n) is 2.82. The fourth-order valence-electron chi connectivity index (χ4n) is 1.84. The molecule has 2 N–H and O–H groups in total. The van der Waals surface area contributed by atoms with Crippen molar-refractivity contribution in [3.8, 4) is 16.9 Å². The summed E-state index contributed by atoms with van der Waals surface area (Å²) in [5, 5.41) is 0. The highest BCUT2D eigenvalue weighted by atomic mass is 16.5. The topological polar surface area (TPSA) is 69.4 Å². The van der Waals surface area contributed by atoms with Gasteiger partial charge >= 0.3 is 0 Å². The van der Waals surface area contributed by atoms with E-state index >= 15 is 0 Å². The predicted octanol–water partition coefficient (Wildman–Crippen LogP) is 2.42. The molecule has 0 aliphatic rings. The Balaban J connectivity index is 2.28. The Morgan fingerprint density at radius 1 is 1.05 bits per heavy atom. The Kier molecular flexibility index (Phi) is 4.15. The van der Waals surface area contributed by atoms with Crippen LogP contribution in [0.1, 0.15) is 17.3 Å². The smallest absolute Gasteiger partial charge is 0.255 e. The van der Waals surface area contributed by atoms with E-state index in [0.29, 0.717) is 11.3 Å². The van der Waals surface area contributed by atoms with Crippen LogP contribution in [-0.2, 0) is 4.79 Å². The molecule has 4 nitrogen and oxygen atoms in total. The van der Waals surface area contributed by atoms with E-state index in [2.05, 4.69) is 0 Å². The average Bonchev–Trinajstić information content (AvgIpc) is 2.45. The predicted molar refractivity (Wildman–Crippen MR) is 76.6 cm³/mol. The quantitative estimate of drug-likeness (QED) is 0.847. The van der Waals surface area contributed by atoms with E-state index in [0.717, 1.165) is 11.1 Å². The summed E-state index contributed by atoms with van der Waals surface area (Å²) in [4.78, 5) is 22.1. The lowest BCUT2D eigenvalue weighted by Crippen LogP contribution is -2.19. The zero-order valence-electron chi connectivity index (χ0n) is 11.1. The van der Waals surface area contributed by atoms with E-state index in [-0.39, 0.29) is 12.4 Å². The normalized spacial score (nSPS) is 10.1. The lowest BCUT2D eigenvalue weighted by Gasteiger charge is -2.07. The molecule has 2 aromatic carbocycles. The molecule has 0 aliphatic heterocycles. The molecule has 0 saturated carbocycles. The van der Waals surface area contributed by atoms with Gasteiger partial charge in [-0.05, 0) is 36.2 Å². The van der Waals surface area contributed by atoms with Crippen molar-refractivity contribution >= 4 is 11.7 Å².